The normalized spacial score (nSPS) is 13.5. The summed E-state index contributed by atoms with van der Waals surface area (Å²) in [5.41, 5.74) is 2.19. The van der Waals surface area contributed by atoms with E-state index in [1.165, 1.54) is 11.3 Å². The average molecular weight is 454 g/mol. The maximum atomic E-state index is 12.6. The standard InChI is InChI=1S/C23H23N3O5S/c1-29-18-6-2-16(3-7-18)20-15-32-23(24-20)25-22(28)17-4-8-19(9-5-17)31-14-21(27)26-10-12-30-13-11-26/h2-9,15H,10-14H2,1H3,(H,24,25,28). The lowest BCUT2D eigenvalue weighted by Crippen LogP contribution is -2.42. The zero-order chi connectivity index (χ0) is 22.3. The molecule has 3 aromatic rings. The van der Waals surface area contributed by atoms with Gasteiger partial charge in [-0.25, -0.2) is 4.98 Å². The van der Waals surface area contributed by atoms with Crippen LogP contribution in [0, 0.1) is 0 Å². The second-order valence-corrected chi connectivity index (χ2v) is 7.88. The van der Waals surface area contributed by atoms with Gasteiger partial charge in [0.25, 0.3) is 11.8 Å². The molecule has 0 bridgehead atoms. The summed E-state index contributed by atoms with van der Waals surface area (Å²) in [6, 6.07) is 14.2. The zero-order valence-corrected chi connectivity index (χ0v) is 18.4. The maximum Gasteiger partial charge on any atom is 0.260 e. The predicted octanol–water partition coefficient (Wildman–Crippen LogP) is 3.31. The van der Waals surface area contributed by atoms with Crippen molar-refractivity contribution in [2.75, 3.05) is 45.3 Å². The second kappa shape index (κ2) is 10.3. The number of aromatic nitrogens is 1. The molecule has 0 saturated carbocycles. The molecule has 32 heavy (non-hydrogen) atoms. The van der Waals surface area contributed by atoms with Gasteiger partial charge in [-0.1, -0.05) is 0 Å². The van der Waals surface area contributed by atoms with Crippen LogP contribution in [0.3, 0.4) is 0 Å². The van der Waals surface area contributed by atoms with Gasteiger partial charge in [-0.3, -0.25) is 14.9 Å². The van der Waals surface area contributed by atoms with Crippen molar-refractivity contribution in [1.82, 2.24) is 9.88 Å². The number of hydrogen-bond acceptors (Lipinski definition) is 7. The Balaban J connectivity index is 1.31. The number of carbonyl (C=O) groups is 2. The summed E-state index contributed by atoms with van der Waals surface area (Å²) >= 11 is 1.36. The number of amides is 2. The van der Waals surface area contributed by atoms with Crippen LogP contribution in [-0.2, 0) is 9.53 Å². The molecule has 0 spiro atoms. The van der Waals surface area contributed by atoms with Crippen LogP contribution in [0.1, 0.15) is 10.4 Å². The van der Waals surface area contributed by atoms with Crippen LogP contribution in [0.2, 0.25) is 0 Å². The first kappa shape index (κ1) is 21.8. The summed E-state index contributed by atoms with van der Waals surface area (Å²) in [4.78, 5) is 30.9. The number of methoxy groups -OCH3 is 1. The molecule has 4 rings (SSSR count). The van der Waals surface area contributed by atoms with E-state index in [9.17, 15) is 9.59 Å². The predicted molar refractivity (Wildman–Crippen MR) is 121 cm³/mol. The molecular formula is C23H23N3O5S. The van der Waals surface area contributed by atoms with Crippen molar-refractivity contribution in [3.05, 3.63) is 59.5 Å². The number of nitrogens with one attached hydrogen (secondary N) is 1. The maximum absolute atomic E-state index is 12.6. The van der Waals surface area contributed by atoms with E-state index >= 15 is 0 Å². The second-order valence-electron chi connectivity index (χ2n) is 7.03. The van der Waals surface area contributed by atoms with E-state index in [0.717, 1.165) is 17.0 Å². The molecule has 0 unspecified atom stereocenters. The molecule has 0 radical (unpaired) electrons. The van der Waals surface area contributed by atoms with E-state index in [-0.39, 0.29) is 18.4 Å². The Morgan fingerprint density at radius 2 is 1.75 bits per heavy atom. The zero-order valence-electron chi connectivity index (χ0n) is 17.6. The molecule has 9 heteroatoms. The molecule has 2 heterocycles. The average Bonchev–Trinajstić information content (AvgIpc) is 3.32. The molecule has 0 atom stereocenters. The van der Waals surface area contributed by atoms with Gasteiger partial charge in [-0.2, -0.15) is 0 Å². The summed E-state index contributed by atoms with van der Waals surface area (Å²) in [6.07, 6.45) is 0. The largest absolute Gasteiger partial charge is 0.497 e. The number of hydrogen-bond donors (Lipinski definition) is 1. The molecule has 1 saturated heterocycles. The van der Waals surface area contributed by atoms with E-state index in [0.29, 0.717) is 42.7 Å². The van der Waals surface area contributed by atoms with Crippen molar-refractivity contribution in [3.63, 3.8) is 0 Å². The van der Waals surface area contributed by atoms with Crippen molar-refractivity contribution in [2.45, 2.75) is 0 Å². The Morgan fingerprint density at radius 3 is 2.44 bits per heavy atom. The highest BCUT2D eigenvalue weighted by molar-refractivity contribution is 7.14. The molecule has 166 valence electrons. The summed E-state index contributed by atoms with van der Waals surface area (Å²) in [6.45, 7) is 2.22. The van der Waals surface area contributed by atoms with Crippen molar-refractivity contribution < 1.29 is 23.8 Å². The number of ether oxygens (including phenoxy) is 3. The molecule has 1 aliphatic heterocycles. The minimum Gasteiger partial charge on any atom is -0.497 e. The molecular weight excluding hydrogens is 430 g/mol. The monoisotopic (exact) mass is 453 g/mol. The van der Waals surface area contributed by atoms with Gasteiger partial charge in [0.2, 0.25) is 0 Å². The number of nitrogens with zero attached hydrogens (tertiary/aromatic N) is 2. The third-order valence-corrected chi connectivity index (χ3v) is 5.71. The number of carbonyl (C=O) groups excluding carboxylic acids is 2. The van der Waals surface area contributed by atoms with Crippen LogP contribution < -0.4 is 14.8 Å². The fourth-order valence-corrected chi connectivity index (χ4v) is 3.86. The van der Waals surface area contributed by atoms with Gasteiger partial charge in [0, 0.05) is 29.6 Å². The van der Waals surface area contributed by atoms with Gasteiger partial charge < -0.3 is 19.1 Å². The van der Waals surface area contributed by atoms with E-state index in [2.05, 4.69) is 10.3 Å². The summed E-state index contributed by atoms with van der Waals surface area (Å²) < 4.78 is 16.0. The number of rotatable bonds is 7. The summed E-state index contributed by atoms with van der Waals surface area (Å²) in [5, 5.41) is 5.21. The van der Waals surface area contributed by atoms with Gasteiger partial charge in [-0.15, -0.1) is 11.3 Å². The Bertz CT molecular complexity index is 1060. The van der Waals surface area contributed by atoms with Crippen molar-refractivity contribution in [2.24, 2.45) is 0 Å². The SMILES string of the molecule is COc1ccc(-c2csc(NC(=O)c3ccc(OCC(=O)N4CCOCC4)cc3)n2)cc1. The van der Waals surface area contributed by atoms with E-state index < -0.39 is 0 Å². The number of benzene rings is 2. The molecule has 1 aromatic heterocycles. The van der Waals surface area contributed by atoms with Gasteiger partial charge in [0.05, 0.1) is 26.0 Å². The van der Waals surface area contributed by atoms with Crippen LogP contribution in [0.15, 0.2) is 53.9 Å². The first-order valence-corrected chi connectivity index (χ1v) is 11.0. The van der Waals surface area contributed by atoms with Gasteiger partial charge in [-0.05, 0) is 48.5 Å². The Hall–Kier alpha value is -3.43. The van der Waals surface area contributed by atoms with E-state index in [4.69, 9.17) is 14.2 Å². The lowest BCUT2D eigenvalue weighted by atomic mass is 10.2. The van der Waals surface area contributed by atoms with Crippen LogP contribution >= 0.6 is 11.3 Å². The first-order valence-electron chi connectivity index (χ1n) is 10.1. The minimum atomic E-state index is -0.267. The fraction of sp³-hybridized carbons (Fsp3) is 0.261. The van der Waals surface area contributed by atoms with Gasteiger partial charge >= 0.3 is 0 Å². The highest BCUT2D eigenvalue weighted by Crippen LogP contribution is 2.27. The summed E-state index contributed by atoms with van der Waals surface area (Å²) in [5.74, 6) is 0.956. The third-order valence-electron chi connectivity index (χ3n) is 4.95. The van der Waals surface area contributed by atoms with Crippen LogP contribution in [0.25, 0.3) is 11.3 Å². The van der Waals surface area contributed by atoms with E-state index in [1.807, 2.05) is 29.6 Å². The van der Waals surface area contributed by atoms with Crippen molar-refractivity contribution in [3.8, 4) is 22.8 Å². The van der Waals surface area contributed by atoms with Gasteiger partial charge in [0.1, 0.15) is 11.5 Å². The summed E-state index contributed by atoms with van der Waals surface area (Å²) in [7, 11) is 1.62. The van der Waals surface area contributed by atoms with E-state index in [1.54, 1.807) is 36.3 Å². The van der Waals surface area contributed by atoms with Crippen LogP contribution in [0.5, 0.6) is 11.5 Å². The quantitative estimate of drug-likeness (QED) is 0.590. The molecule has 0 aliphatic carbocycles. The molecule has 8 nitrogen and oxygen atoms in total. The molecule has 1 aliphatic rings. The Labute approximate surface area is 189 Å². The molecule has 1 fully saturated rings. The molecule has 2 amide bonds. The van der Waals surface area contributed by atoms with Crippen molar-refractivity contribution in [1.29, 1.82) is 0 Å². The lowest BCUT2D eigenvalue weighted by Gasteiger charge is -2.26. The highest BCUT2D eigenvalue weighted by atomic mass is 32.1. The Kier molecular flexibility index (Phi) is 6.98. The molecule has 1 N–H and O–H groups in total. The van der Waals surface area contributed by atoms with Crippen molar-refractivity contribution >= 4 is 28.3 Å². The molecule has 2 aromatic carbocycles. The number of anilines is 1. The fourth-order valence-electron chi connectivity index (χ4n) is 3.15. The lowest BCUT2D eigenvalue weighted by molar-refractivity contribution is -0.137. The van der Waals surface area contributed by atoms with Gasteiger partial charge in [0.15, 0.2) is 11.7 Å². The smallest absolute Gasteiger partial charge is 0.260 e. The first-order chi connectivity index (χ1) is 15.6. The highest BCUT2D eigenvalue weighted by Gasteiger charge is 2.17. The Morgan fingerprint density at radius 1 is 1.06 bits per heavy atom. The third kappa shape index (κ3) is 5.43. The number of morpholine rings is 1. The minimum absolute atomic E-state index is 0.0429. The van der Waals surface area contributed by atoms with Crippen LogP contribution in [-0.4, -0.2) is 61.7 Å². The van der Waals surface area contributed by atoms with Crippen LogP contribution in [0.4, 0.5) is 5.13 Å². The number of thiazole rings is 1. The topological polar surface area (TPSA) is 90.0 Å².